The van der Waals surface area contributed by atoms with Crippen LogP contribution in [-0.4, -0.2) is 21.3 Å². The van der Waals surface area contributed by atoms with Gasteiger partial charge in [0.25, 0.3) is 0 Å². The standard InChI is InChI=1S/C10H17N5/c1-10(2,7-11)4-5-12-6-9-13-8-15(3)14-9/h8,12H,4-6H2,1-3H3. The molecular formula is C10H17N5. The lowest BCUT2D eigenvalue weighted by Crippen LogP contribution is -2.21. The zero-order valence-corrected chi connectivity index (χ0v) is 9.49. The lowest BCUT2D eigenvalue weighted by atomic mass is 9.91. The minimum Gasteiger partial charge on any atom is -0.310 e. The van der Waals surface area contributed by atoms with Crippen molar-refractivity contribution in [3.63, 3.8) is 0 Å². The third kappa shape index (κ3) is 4.09. The van der Waals surface area contributed by atoms with Crippen LogP contribution < -0.4 is 5.32 Å². The maximum atomic E-state index is 8.81. The summed E-state index contributed by atoms with van der Waals surface area (Å²) in [6.07, 6.45) is 2.51. The average molecular weight is 207 g/mol. The van der Waals surface area contributed by atoms with Crippen LogP contribution in [0.3, 0.4) is 0 Å². The van der Waals surface area contributed by atoms with E-state index in [-0.39, 0.29) is 5.41 Å². The molecule has 1 N–H and O–H groups in total. The van der Waals surface area contributed by atoms with E-state index in [1.165, 1.54) is 0 Å². The number of aromatic nitrogens is 3. The predicted octanol–water partition coefficient (Wildman–Crippen LogP) is 0.845. The van der Waals surface area contributed by atoms with Crippen LogP contribution in [0, 0.1) is 16.7 Å². The smallest absolute Gasteiger partial charge is 0.164 e. The van der Waals surface area contributed by atoms with E-state index >= 15 is 0 Å². The molecule has 0 unspecified atom stereocenters. The summed E-state index contributed by atoms with van der Waals surface area (Å²) in [7, 11) is 1.84. The van der Waals surface area contributed by atoms with Gasteiger partial charge in [0.1, 0.15) is 6.33 Å². The Bertz CT molecular complexity index is 347. The normalized spacial score (nSPS) is 11.3. The zero-order chi connectivity index (χ0) is 11.3. The van der Waals surface area contributed by atoms with Gasteiger partial charge in [0.2, 0.25) is 0 Å². The molecular weight excluding hydrogens is 190 g/mol. The van der Waals surface area contributed by atoms with Crippen molar-refractivity contribution in [2.45, 2.75) is 26.8 Å². The van der Waals surface area contributed by atoms with Crippen molar-refractivity contribution in [3.8, 4) is 6.07 Å². The second kappa shape index (κ2) is 4.89. The van der Waals surface area contributed by atoms with Crippen LogP contribution >= 0.6 is 0 Å². The van der Waals surface area contributed by atoms with Crippen molar-refractivity contribution in [2.75, 3.05) is 6.54 Å². The Morgan fingerprint density at radius 2 is 2.33 bits per heavy atom. The summed E-state index contributed by atoms with van der Waals surface area (Å²) in [5, 5.41) is 16.2. The first kappa shape index (κ1) is 11.7. The zero-order valence-electron chi connectivity index (χ0n) is 9.49. The van der Waals surface area contributed by atoms with Gasteiger partial charge in [0.15, 0.2) is 5.82 Å². The molecule has 0 saturated heterocycles. The number of nitrogens with one attached hydrogen (secondary N) is 1. The van der Waals surface area contributed by atoms with E-state index < -0.39 is 0 Å². The quantitative estimate of drug-likeness (QED) is 0.727. The van der Waals surface area contributed by atoms with E-state index in [9.17, 15) is 0 Å². The molecule has 0 saturated carbocycles. The minimum atomic E-state index is -0.259. The largest absolute Gasteiger partial charge is 0.310 e. The molecule has 1 aromatic heterocycles. The molecule has 1 aromatic rings. The molecule has 0 aliphatic rings. The average Bonchev–Trinajstić information content (AvgIpc) is 2.59. The van der Waals surface area contributed by atoms with E-state index in [1.54, 1.807) is 11.0 Å². The van der Waals surface area contributed by atoms with E-state index in [2.05, 4.69) is 21.5 Å². The van der Waals surface area contributed by atoms with Gasteiger partial charge in [0.05, 0.1) is 18.0 Å². The summed E-state index contributed by atoms with van der Waals surface area (Å²) in [5.74, 6) is 0.785. The number of aryl methyl sites for hydroxylation is 1. The van der Waals surface area contributed by atoms with Crippen LogP contribution in [-0.2, 0) is 13.6 Å². The second-order valence-electron chi connectivity index (χ2n) is 4.26. The molecule has 0 fully saturated rings. The van der Waals surface area contributed by atoms with Gasteiger partial charge in [-0.1, -0.05) is 0 Å². The molecule has 0 amide bonds. The molecule has 5 nitrogen and oxygen atoms in total. The second-order valence-corrected chi connectivity index (χ2v) is 4.26. The van der Waals surface area contributed by atoms with Crippen LogP contribution in [0.5, 0.6) is 0 Å². The highest BCUT2D eigenvalue weighted by Gasteiger charge is 2.15. The van der Waals surface area contributed by atoms with Gasteiger partial charge < -0.3 is 5.32 Å². The fraction of sp³-hybridized carbons (Fsp3) is 0.700. The summed E-state index contributed by atoms with van der Waals surface area (Å²) in [6.45, 7) is 5.34. The van der Waals surface area contributed by atoms with E-state index in [0.29, 0.717) is 6.54 Å². The van der Waals surface area contributed by atoms with Gasteiger partial charge in [-0.2, -0.15) is 10.4 Å². The van der Waals surface area contributed by atoms with Gasteiger partial charge in [-0.05, 0) is 26.8 Å². The summed E-state index contributed by atoms with van der Waals surface area (Å²) < 4.78 is 1.68. The van der Waals surface area contributed by atoms with Gasteiger partial charge in [-0.3, -0.25) is 4.68 Å². The molecule has 0 aliphatic carbocycles. The number of rotatable bonds is 5. The molecule has 0 atom stereocenters. The SMILES string of the molecule is Cn1cnc(CNCCC(C)(C)C#N)n1. The molecule has 0 aliphatic heterocycles. The predicted molar refractivity (Wildman–Crippen MR) is 56.7 cm³/mol. The maximum Gasteiger partial charge on any atom is 0.164 e. The van der Waals surface area contributed by atoms with Gasteiger partial charge in [-0.25, -0.2) is 4.98 Å². The Balaban J connectivity index is 2.21. The third-order valence-corrected chi connectivity index (χ3v) is 2.16. The van der Waals surface area contributed by atoms with Crippen molar-refractivity contribution in [3.05, 3.63) is 12.2 Å². The third-order valence-electron chi connectivity index (χ3n) is 2.16. The van der Waals surface area contributed by atoms with Crippen molar-refractivity contribution >= 4 is 0 Å². The highest BCUT2D eigenvalue weighted by Crippen LogP contribution is 2.16. The van der Waals surface area contributed by atoms with E-state index in [0.717, 1.165) is 18.8 Å². The Labute approximate surface area is 90.1 Å². The molecule has 1 heterocycles. The maximum absolute atomic E-state index is 8.81. The van der Waals surface area contributed by atoms with Crippen molar-refractivity contribution in [1.82, 2.24) is 20.1 Å². The fourth-order valence-electron chi connectivity index (χ4n) is 1.12. The van der Waals surface area contributed by atoms with E-state index in [1.807, 2.05) is 20.9 Å². The molecule has 0 spiro atoms. The lowest BCUT2D eigenvalue weighted by molar-refractivity contribution is 0.430. The monoisotopic (exact) mass is 207 g/mol. The molecule has 82 valence electrons. The Morgan fingerprint density at radius 3 is 2.87 bits per heavy atom. The van der Waals surface area contributed by atoms with Crippen molar-refractivity contribution in [2.24, 2.45) is 12.5 Å². The topological polar surface area (TPSA) is 66.5 Å². The molecule has 5 heteroatoms. The summed E-state index contributed by atoms with van der Waals surface area (Å²) in [6, 6.07) is 2.27. The van der Waals surface area contributed by atoms with Crippen LogP contribution in [0.15, 0.2) is 6.33 Å². The minimum absolute atomic E-state index is 0.259. The number of nitriles is 1. The van der Waals surface area contributed by atoms with E-state index in [4.69, 9.17) is 5.26 Å². The van der Waals surface area contributed by atoms with Crippen molar-refractivity contribution in [1.29, 1.82) is 5.26 Å². The highest BCUT2D eigenvalue weighted by molar-refractivity contribution is 4.92. The van der Waals surface area contributed by atoms with Gasteiger partial charge in [0, 0.05) is 7.05 Å². The summed E-state index contributed by atoms with van der Waals surface area (Å²) >= 11 is 0. The molecule has 1 rings (SSSR count). The fourth-order valence-corrected chi connectivity index (χ4v) is 1.12. The first-order chi connectivity index (χ1) is 7.03. The number of hydrogen-bond donors (Lipinski definition) is 1. The van der Waals surface area contributed by atoms with Crippen molar-refractivity contribution < 1.29 is 0 Å². The van der Waals surface area contributed by atoms with Gasteiger partial charge in [-0.15, -0.1) is 0 Å². The number of nitrogens with zero attached hydrogens (tertiary/aromatic N) is 4. The van der Waals surface area contributed by atoms with Crippen LogP contribution in [0.25, 0.3) is 0 Å². The first-order valence-electron chi connectivity index (χ1n) is 5.00. The molecule has 0 radical (unpaired) electrons. The molecule has 0 bridgehead atoms. The Kier molecular flexibility index (Phi) is 3.81. The van der Waals surface area contributed by atoms with Crippen LogP contribution in [0.1, 0.15) is 26.1 Å². The lowest BCUT2D eigenvalue weighted by Gasteiger charge is -2.14. The summed E-state index contributed by atoms with van der Waals surface area (Å²) in [5.41, 5.74) is -0.259. The van der Waals surface area contributed by atoms with Crippen LogP contribution in [0.4, 0.5) is 0 Å². The molecule has 0 aromatic carbocycles. The Hall–Kier alpha value is -1.41. The Morgan fingerprint density at radius 1 is 1.60 bits per heavy atom. The number of hydrogen-bond acceptors (Lipinski definition) is 4. The van der Waals surface area contributed by atoms with Gasteiger partial charge >= 0.3 is 0 Å². The highest BCUT2D eigenvalue weighted by atomic mass is 15.3. The van der Waals surface area contributed by atoms with Crippen LogP contribution in [0.2, 0.25) is 0 Å². The summed E-state index contributed by atoms with van der Waals surface area (Å²) in [4.78, 5) is 4.09. The first-order valence-corrected chi connectivity index (χ1v) is 5.00. The molecule has 15 heavy (non-hydrogen) atoms.